The van der Waals surface area contributed by atoms with Crippen LogP contribution in [0, 0.1) is 35.0 Å². The maximum absolute atomic E-state index is 13.6. The Morgan fingerprint density at radius 1 is 1.09 bits per heavy atom. The molecule has 0 bridgehead atoms. The lowest BCUT2D eigenvalue weighted by Crippen LogP contribution is -2.46. The predicted molar refractivity (Wildman–Crippen MR) is 136 cm³/mol. The van der Waals surface area contributed by atoms with Gasteiger partial charge >= 0.3 is 0 Å². The molecule has 0 saturated heterocycles. The smallest absolute Gasteiger partial charge is 0.159 e. The molecular formula is C28H40ClN3O2. The van der Waals surface area contributed by atoms with E-state index in [0.717, 1.165) is 61.4 Å². The minimum atomic E-state index is -0.471. The highest BCUT2D eigenvalue weighted by Crippen LogP contribution is 2.62. The summed E-state index contributed by atoms with van der Waals surface area (Å²) in [5.41, 5.74) is 1.14. The van der Waals surface area contributed by atoms with Gasteiger partial charge in [-0.25, -0.2) is 0 Å². The van der Waals surface area contributed by atoms with Crippen LogP contribution in [-0.4, -0.2) is 31.5 Å². The van der Waals surface area contributed by atoms with Crippen LogP contribution in [0.5, 0.6) is 0 Å². The normalized spacial score (nSPS) is 38.2. The molecule has 0 spiro atoms. The maximum atomic E-state index is 13.6. The van der Waals surface area contributed by atoms with Gasteiger partial charge < -0.3 is 5.11 Å². The quantitative estimate of drug-likeness (QED) is 0.510. The van der Waals surface area contributed by atoms with Gasteiger partial charge in [0.15, 0.2) is 5.78 Å². The third-order valence-electron chi connectivity index (χ3n) is 9.90. The van der Waals surface area contributed by atoms with E-state index >= 15 is 0 Å². The van der Waals surface area contributed by atoms with Crippen LogP contribution in [0.1, 0.15) is 85.0 Å². The lowest BCUT2D eigenvalue weighted by molar-refractivity contribution is -0.130. The Kier molecular flexibility index (Phi) is 6.56. The number of nitrogens with zero attached hydrogens (tertiary/aromatic N) is 3. The van der Waals surface area contributed by atoms with Gasteiger partial charge in [0, 0.05) is 10.9 Å². The zero-order chi connectivity index (χ0) is 24.1. The Bertz CT molecular complexity index is 1040. The average Bonchev–Trinajstić information content (AvgIpc) is 3.34. The number of carbonyl (C=O) groups excluding carboxylic acids is 1. The summed E-state index contributed by atoms with van der Waals surface area (Å²) in [7, 11) is 0. The zero-order valence-corrected chi connectivity index (χ0v) is 21.7. The number of hydrogen-bond donors (Lipinski definition) is 1. The van der Waals surface area contributed by atoms with E-state index in [2.05, 4.69) is 24.0 Å². The molecule has 34 heavy (non-hydrogen) atoms. The highest BCUT2D eigenvalue weighted by molar-refractivity contribution is 6.31. The van der Waals surface area contributed by atoms with Crippen LogP contribution in [0.25, 0.3) is 11.0 Å². The van der Waals surface area contributed by atoms with Crippen molar-refractivity contribution in [2.75, 3.05) is 0 Å². The van der Waals surface area contributed by atoms with Crippen molar-refractivity contribution in [3.05, 3.63) is 23.2 Å². The fourth-order valence-corrected chi connectivity index (χ4v) is 8.29. The topological polar surface area (TPSA) is 68.0 Å². The van der Waals surface area contributed by atoms with Crippen molar-refractivity contribution in [3.8, 4) is 0 Å². The molecule has 3 saturated carbocycles. The van der Waals surface area contributed by atoms with Gasteiger partial charge in [-0.1, -0.05) is 38.3 Å². The molecule has 0 amide bonds. The van der Waals surface area contributed by atoms with Gasteiger partial charge in [0.25, 0.3) is 0 Å². The number of halogens is 1. The van der Waals surface area contributed by atoms with Crippen molar-refractivity contribution < 1.29 is 9.90 Å². The summed E-state index contributed by atoms with van der Waals surface area (Å²) in [6.07, 6.45) is 11.2. The fourth-order valence-electron chi connectivity index (χ4n) is 8.12. The molecule has 186 valence electrons. The van der Waals surface area contributed by atoms with Gasteiger partial charge in [-0.2, -0.15) is 15.0 Å². The number of carbonyl (C=O) groups is 1. The number of rotatable bonds is 6. The second-order valence-electron chi connectivity index (χ2n) is 12.1. The van der Waals surface area contributed by atoms with E-state index in [4.69, 9.17) is 11.6 Å². The second kappa shape index (κ2) is 9.20. The number of aromatic nitrogens is 3. The lowest BCUT2D eigenvalue weighted by Gasteiger charge is -2.52. The summed E-state index contributed by atoms with van der Waals surface area (Å²) in [4.78, 5) is 15.2. The molecule has 5 nitrogen and oxygen atoms in total. The van der Waals surface area contributed by atoms with Crippen LogP contribution in [0.4, 0.5) is 0 Å². The van der Waals surface area contributed by atoms with Crippen molar-refractivity contribution in [1.29, 1.82) is 0 Å². The van der Waals surface area contributed by atoms with Crippen LogP contribution in [0.2, 0.25) is 5.02 Å². The third-order valence-corrected chi connectivity index (χ3v) is 10.1. The van der Waals surface area contributed by atoms with Crippen LogP contribution in [-0.2, 0) is 11.3 Å². The first kappa shape index (κ1) is 24.2. The number of aliphatic hydroxyl groups is 1. The molecule has 5 rings (SSSR count). The molecule has 1 heterocycles. The van der Waals surface area contributed by atoms with Gasteiger partial charge in [-0.3, -0.25) is 4.79 Å². The monoisotopic (exact) mass is 485 g/mol. The highest BCUT2D eigenvalue weighted by atomic mass is 35.5. The molecule has 1 aromatic heterocycles. The SMILES string of the molecule is CCC[C@H]1[C@@H]2CC[C@H](C(=O)Cn3nc4ccc(Cl)cc4n3)[C@@]2(C)CC[C@@H]1[C@H]1CC[C@@](C)(O)CC1. The van der Waals surface area contributed by atoms with E-state index in [1.165, 1.54) is 25.7 Å². The van der Waals surface area contributed by atoms with Crippen LogP contribution in [0.15, 0.2) is 18.2 Å². The molecule has 3 fully saturated rings. The first-order valence-corrected chi connectivity index (χ1v) is 13.8. The van der Waals surface area contributed by atoms with Crippen LogP contribution < -0.4 is 0 Å². The number of hydrogen-bond acceptors (Lipinski definition) is 4. The molecular weight excluding hydrogens is 446 g/mol. The number of Topliss-reactive ketones (excluding diaryl/α,β-unsaturated/α-hetero) is 1. The van der Waals surface area contributed by atoms with E-state index in [0.29, 0.717) is 22.6 Å². The molecule has 2 aromatic rings. The van der Waals surface area contributed by atoms with Crippen molar-refractivity contribution >= 4 is 28.4 Å². The summed E-state index contributed by atoms with van der Waals surface area (Å²) in [6.45, 7) is 6.97. The summed E-state index contributed by atoms with van der Waals surface area (Å²) in [5, 5.41) is 20.2. The van der Waals surface area contributed by atoms with Gasteiger partial charge in [0.05, 0.1) is 5.60 Å². The van der Waals surface area contributed by atoms with Crippen molar-refractivity contribution in [1.82, 2.24) is 15.0 Å². The van der Waals surface area contributed by atoms with E-state index in [9.17, 15) is 9.90 Å². The minimum Gasteiger partial charge on any atom is -0.390 e. The third kappa shape index (κ3) is 4.43. The Morgan fingerprint density at radius 3 is 2.56 bits per heavy atom. The van der Waals surface area contributed by atoms with E-state index in [1.807, 2.05) is 19.1 Å². The molecule has 3 aliphatic carbocycles. The summed E-state index contributed by atoms with van der Waals surface area (Å²) >= 11 is 6.10. The fraction of sp³-hybridized carbons (Fsp3) is 0.750. The number of benzene rings is 1. The van der Waals surface area contributed by atoms with Gasteiger partial charge in [0.1, 0.15) is 17.6 Å². The summed E-state index contributed by atoms with van der Waals surface area (Å²) in [6, 6.07) is 5.48. The lowest BCUT2D eigenvalue weighted by atomic mass is 9.53. The molecule has 1 N–H and O–H groups in total. The second-order valence-corrected chi connectivity index (χ2v) is 12.5. The molecule has 5 atom stereocenters. The van der Waals surface area contributed by atoms with Crippen molar-refractivity contribution in [3.63, 3.8) is 0 Å². The van der Waals surface area contributed by atoms with Crippen LogP contribution >= 0.6 is 11.6 Å². The standard InChI is InChI=1S/C28H40ClN3O2/c1-4-5-21-20(18-10-13-27(2,34)14-11-18)12-15-28(3)22(21)7-8-23(28)26(33)17-32-30-24-9-6-19(29)16-25(24)31-32/h6,9,16,18,20-23,34H,4-5,7-8,10-15,17H2,1-3H3/t18-,20-,21-,22+,23-,27+,28+/m1/s1. The Labute approximate surface area is 208 Å². The molecule has 0 unspecified atom stereocenters. The molecule has 3 aliphatic rings. The van der Waals surface area contributed by atoms with Crippen molar-refractivity contribution in [2.45, 2.75) is 97.1 Å². The van der Waals surface area contributed by atoms with E-state index < -0.39 is 5.60 Å². The van der Waals surface area contributed by atoms with Crippen molar-refractivity contribution in [2.24, 2.45) is 35.0 Å². The predicted octanol–water partition coefficient (Wildman–Crippen LogP) is 6.45. The Balaban J connectivity index is 1.31. The van der Waals surface area contributed by atoms with E-state index in [-0.39, 0.29) is 17.9 Å². The first-order chi connectivity index (χ1) is 16.2. The zero-order valence-electron chi connectivity index (χ0n) is 21.0. The molecule has 0 aliphatic heterocycles. The minimum absolute atomic E-state index is 0.0868. The summed E-state index contributed by atoms with van der Waals surface area (Å²) in [5.74, 6) is 3.23. The largest absolute Gasteiger partial charge is 0.390 e. The molecule has 0 radical (unpaired) electrons. The van der Waals surface area contributed by atoms with Gasteiger partial charge in [-0.05, 0) is 106 Å². The van der Waals surface area contributed by atoms with Gasteiger partial charge in [0.2, 0.25) is 0 Å². The Hall–Kier alpha value is -1.46. The average molecular weight is 486 g/mol. The van der Waals surface area contributed by atoms with E-state index in [1.54, 1.807) is 10.9 Å². The van der Waals surface area contributed by atoms with Gasteiger partial charge in [-0.15, -0.1) is 0 Å². The maximum Gasteiger partial charge on any atom is 0.159 e. The Morgan fingerprint density at radius 2 is 1.82 bits per heavy atom. The highest BCUT2D eigenvalue weighted by Gasteiger charge is 2.56. The first-order valence-electron chi connectivity index (χ1n) is 13.5. The summed E-state index contributed by atoms with van der Waals surface area (Å²) < 4.78 is 0. The number of fused-ring (bicyclic) bond motifs is 2. The molecule has 6 heteroatoms. The molecule has 1 aromatic carbocycles. The van der Waals surface area contributed by atoms with Crippen LogP contribution in [0.3, 0.4) is 0 Å². The number of ketones is 1.